The van der Waals surface area contributed by atoms with E-state index in [9.17, 15) is 9.59 Å². The monoisotopic (exact) mass is 661 g/mol. The lowest BCUT2D eigenvalue weighted by molar-refractivity contribution is -0.140. The summed E-state index contributed by atoms with van der Waals surface area (Å²) in [6.07, 6.45) is 13.8. The number of carbonyl (C=O) groups excluding carboxylic acids is 1. The van der Waals surface area contributed by atoms with Crippen molar-refractivity contribution in [3.63, 3.8) is 0 Å². The lowest BCUT2D eigenvalue weighted by Gasteiger charge is -2.15. The Morgan fingerprint density at radius 3 is 2.49 bits per heavy atom. The molecule has 9 nitrogen and oxygen atoms in total. The van der Waals surface area contributed by atoms with Crippen molar-refractivity contribution in [2.24, 2.45) is 26.8 Å². The van der Waals surface area contributed by atoms with Crippen LogP contribution in [0.15, 0.2) is 100 Å². The summed E-state index contributed by atoms with van der Waals surface area (Å²) in [6.45, 7) is 17.4. The van der Waals surface area contributed by atoms with Gasteiger partial charge in [0.1, 0.15) is 5.22 Å². The number of allylic oxidation sites excluding steroid dienone is 9. The Kier molecular flexibility index (Phi) is 9.72. The average molecular weight is 662 g/mol. The van der Waals surface area contributed by atoms with Crippen LogP contribution in [0.4, 0.5) is 5.88 Å². The van der Waals surface area contributed by atoms with Crippen LogP contribution < -0.4 is 26.8 Å². The molecule has 6 rings (SSSR count). The van der Waals surface area contributed by atoms with E-state index in [1.54, 1.807) is 0 Å². The number of nitrogens with zero attached hydrogens (tertiary/aromatic N) is 3. The zero-order chi connectivity index (χ0) is 35.0. The van der Waals surface area contributed by atoms with Crippen molar-refractivity contribution < 1.29 is 13.9 Å². The minimum Gasteiger partial charge on any atom is -0.469 e. The van der Waals surface area contributed by atoms with Crippen LogP contribution in [-0.2, 0) is 9.53 Å². The number of aliphatic imine (C=N–C) groups is 2. The third kappa shape index (κ3) is 6.15. The molecule has 0 aliphatic carbocycles. The zero-order valence-electron chi connectivity index (χ0n) is 29.8. The molecule has 0 amide bonds. The van der Waals surface area contributed by atoms with Crippen molar-refractivity contribution in [1.29, 1.82) is 0 Å². The molecule has 2 N–H and O–H groups in total. The first-order chi connectivity index (χ1) is 23.6. The van der Waals surface area contributed by atoms with E-state index >= 15 is 0 Å². The van der Waals surface area contributed by atoms with Crippen LogP contribution in [0.5, 0.6) is 0 Å². The Morgan fingerprint density at radius 1 is 1.02 bits per heavy atom. The summed E-state index contributed by atoms with van der Waals surface area (Å²) in [6, 6.07) is 0. The zero-order valence-corrected chi connectivity index (χ0v) is 29.8. The first kappa shape index (κ1) is 34.1. The van der Waals surface area contributed by atoms with Crippen LogP contribution in [0, 0.1) is 11.8 Å². The Bertz CT molecular complexity index is 2080. The topological polar surface area (TPSA) is 118 Å². The molecule has 2 atom stereocenters. The minimum absolute atomic E-state index is 0.0628. The van der Waals surface area contributed by atoms with Gasteiger partial charge in [0.2, 0.25) is 5.88 Å². The molecule has 5 aliphatic heterocycles. The first-order valence-electron chi connectivity index (χ1n) is 17.6. The maximum atomic E-state index is 14.2. The molecule has 1 saturated heterocycles. The lowest BCUT2D eigenvalue weighted by Crippen LogP contribution is -2.44. The molecule has 1 fully saturated rings. The smallest absolute Gasteiger partial charge is 0.348 e. The molecule has 0 unspecified atom stereocenters. The predicted molar refractivity (Wildman–Crippen MR) is 196 cm³/mol. The van der Waals surface area contributed by atoms with Gasteiger partial charge in [0.15, 0.2) is 0 Å². The van der Waals surface area contributed by atoms with E-state index in [1.165, 1.54) is 7.11 Å². The van der Waals surface area contributed by atoms with Gasteiger partial charge in [-0.25, -0.2) is 19.8 Å². The van der Waals surface area contributed by atoms with Gasteiger partial charge < -0.3 is 19.8 Å². The highest BCUT2D eigenvalue weighted by molar-refractivity contribution is 6.16. The highest BCUT2D eigenvalue weighted by Crippen LogP contribution is 2.39. The number of hydrogen-bond donors (Lipinski definition) is 2. The minimum atomic E-state index is -0.472. The van der Waals surface area contributed by atoms with E-state index in [0.29, 0.717) is 35.1 Å². The third-order valence-electron chi connectivity index (χ3n) is 10.4. The van der Waals surface area contributed by atoms with Crippen LogP contribution in [0.1, 0.15) is 92.1 Å². The highest BCUT2D eigenvalue weighted by atomic mass is 16.5. The molecule has 0 aromatic carbocycles. The van der Waals surface area contributed by atoms with Crippen molar-refractivity contribution in [1.82, 2.24) is 5.32 Å². The van der Waals surface area contributed by atoms with Crippen molar-refractivity contribution >= 4 is 34.5 Å². The number of anilines is 1. The fraction of sp³-hybridized carbons (Fsp3) is 0.425. The van der Waals surface area contributed by atoms with Gasteiger partial charge in [0.25, 0.3) is 0 Å². The number of unbranched alkanes of at least 4 members (excludes halogenated alkanes) is 3. The second-order valence-electron chi connectivity index (χ2n) is 13.3. The number of hydrogen-bond acceptors (Lipinski definition) is 9. The van der Waals surface area contributed by atoms with Crippen LogP contribution in [0.25, 0.3) is 11.3 Å². The van der Waals surface area contributed by atoms with Crippen molar-refractivity contribution in [2.75, 3.05) is 19.0 Å². The second-order valence-corrected chi connectivity index (χ2v) is 13.3. The van der Waals surface area contributed by atoms with Gasteiger partial charge in [-0.3, -0.25) is 4.79 Å². The van der Waals surface area contributed by atoms with Gasteiger partial charge in [-0.15, -0.1) is 0 Å². The number of nitrogens with one attached hydrogen (secondary N) is 2. The maximum Gasteiger partial charge on any atom is 0.348 e. The van der Waals surface area contributed by atoms with Gasteiger partial charge in [-0.05, 0) is 80.6 Å². The van der Waals surface area contributed by atoms with Gasteiger partial charge in [0, 0.05) is 41.8 Å². The first-order valence-corrected chi connectivity index (χ1v) is 17.6. The van der Waals surface area contributed by atoms with E-state index in [1.807, 2.05) is 26.0 Å². The molecule has 256 valence electrons. The normalized spacial score (nSPS) is 20.9. The molecule has 8 bridgehead atoms. The number of methoxy groups -OCH3 is 1. The summed E-state index contributed by atoms with van der Waals surface area (Å²) in [4.78, 5) is 41.9. The molecule has 1 aromatic heterocycles. The van der Waals surface area contributed by atoms with Gasteiger partial charge in [0.05, 0.1) is 46.5 Å². The molecule has 0 spiro atoms. The number of rotatable bonds is 11. The van der Waals surface area contributed by atoms with E-state index in [-0.39, 0.29) is 24.2 Å². The number of ether oxygens (including phenoxy) is 1. The van der Waals surface area contributed by atoms with Crippen LogP contribution in [0.3, 0.4) is 0 Å². The van der Waals surface area contributed by atoms with E-state index in [0.717, 1.165) is 99.7 Å². The van der Waals surface area contributed by atoms with E-state index in [4.69, 9.17) is 24.1 Å². The Balaban J connectivity index is 1.64. The molecule has 1 aromatic rings. The van der Waals surface area contributed by atoms with E-state index in [2.05, 4.69) is 57.1 Å². The molecule has 5 aliphatic rings. The molecule has 9 heteroatoms. The summed E-state index contributed by atoms with van der Waals surface area (Å²) >= 11 is 0. The maximum absolute atomic E-state index is 14.2. The largest absolute Gasteiger partial charge is 0.469 e. The van der Waals surface area contributed by atoms with Crippen molar-refractivity contribution in [3.05, 3.63) is 103 Å². The van der Waals surface area contributed by atoms with Crippen LogP contribution in [0.2, 0.25) is 0 Å². The van der Waals surface area contributed by atoms with Gasteiger partial charge >= 0.3 is 11.6 Å². The SMILES string of the molecule is C=CC1=C(C)C2=NC1=CC1=NC(=CC3=C(C)c4c(NCCCCCC)oc(=O)c(c4=N3)=C3NC(=C2)[C@@H](C)[C@@H]3CCC(=O)OC)C(CC)=C1C. The van der Waals surface area contributed by atoms with Crippen molar-refractivity contribution in [2.45, 2.75) is 86.5 Å². The lowest BCUT2D eigenvalue weighted by atomic mass is 9.87. The summed E-state index contributed by atoms with van der Waals surface area (Å²) < 4.78 is 11.2. The molecule has 6 heterocycles. The quantitative estimate of drug-likeness (QED) is 0.201. The van der Waals surface area contributed by atoms with Gasteiger partial charge in [-0.2, -0.15) is 0 Å². The average Bonchev–Trinajstić information content (AvgIpc) is 3.76. The molecule has 49 heavy (non-hydrogen) atoms. The predicted octanol–water partition coefficient (Wildman–Crippen LogP) is 6.72. The number of fused-ring (bicyclic) bond motifs is 5. The fourth-order valence-corrected chi connectivity index (χ4v) is 7.44. The standard InChI is InChI=1S/C40H47N5O4/c1-9-12-13-14-17-41-39-35-24(7)31-20-33-26(11-3)22(5)29(43-33)19-32-25(10-2)21(4)28(42-32)18-30-23(6)27(15-16-34(46)48-8)37(44-30)36(38(35)45-31)40(47)49-39/h10,18-20,23,27,41,44H,2,9,11-17H2,1,3-8H3/t23-,27-/m0/s1. The highest BCUT2D eigenvalue weighted by Gasteiger charge is 2.36. The molecular weight excluding hydrogens is 614 g/mol. The second kappa shape index (κ2) is 14.0. The summed E-state index contributed by atoms with van der Waals surface area (Å²) in [5.74, 6) is -0.118. The Hall–Kier alpha value is -4.79. The van der Waals surface area contributed by atoms with Crippen LogP contribution >= 0.6 is 0 Å². The fourth-order valence-electron chi connectivity index (χ4n) is 7.44. The third-order valence-corrected chi connectivity index (χ3v) is 10.4. The van der Waals surface area contributed by atoms with Crippen molar-refractivity contribution in [3.8, 4) is 0 Å². The Labute approximate surface area is 288 Å². The van der Waals surface area contributed by atoms with Gasteiger partial charge in [-0.1, -0.05) is 52.7 Å². The summed E-state index contributed by atoms with van der Waals surface area (Å²) in [5, 5.41) is 8.02. The number of esters is 1. The van der Waals surface area contributed by atoms with Crippen LogP contribution in [-0.4, -0.2) is 31.0 Å². The number of carbonyl (C=O) groups is 1. The molecular formula is C40H47N5O4. The summed E-state index contributed by atoms with van der Waals surface area (Å²) in [7, 11) is 1.40. The molecule has 0 radical (unpaired) electrons. The van der Waals surface area contributed by atoms with E-state index < -0.39 is 5.63 Å². The molecule has 0 saturated carbocycles. The Morgan fingerprint density at radius 2 is 1.78 bits per heavy atom. The summed E-state index contributed by atoms with van der Waals surface area (Å²) in [5.41, 5.74) is 11.1.